The Labute approximate surface area is 50.6 Å². The number of hydrogen-bond donors (Lipinski definition) is 0. The van der Waals surface area contributed by atoms with Crippen molar-refractivity contribution in [1.82, 2.24) is 0 Å². The van der Waals surface area contributed by atoms with Crippen LogP contribution < -0.4 is 0 Å². The van der Waals surface area contributed by atoms with Crippen molar-refractivity contribution in [2.45, 2.75) is 27.2 Å². The summed E-state index contributed by atoms with van der Waals surface area (Å²) < 4.78 is 0. The molecule has 0 nitrogen and oxygen atoms in total. The summed E-state index contributed by atoms with van der Waals surface area (Å²) in [5.74, 6) is 0.947. The molecule has 1 unspecified atom stereocenters. The molecule has 1 atom stereocenters. The molecule has 0 N–H and O–H groups in total. The minimum absolute atomic E-state index is 0.652. The molecule has 2 aliphatic carbocycles. The molecular formula is C8H12. The molecule has 0 aliphatic heterocycles. The molecule has 8 heavy (non-hydrogen) atoms. The molecule has 0 bridgehead atoms. The number of fused-ring (bicyclic) bond motifs is 1. The molecule has 0 amide bonds. The fraction of sp³-hybridized carbons (Fsp3) is 0.750. The molecule has 0 aromatic carbocycles. The molecular weight excluding hydrogens is 96.1 g/mol. The minimum atomic E-state index is 0.652. The van der Waals surface area contributed by atoms with Crippen LogP contribution in [-0.2, 0) is 0 Å². The Morgan fingerprint density at radius 1 is 1.50 bits per heavy atom. The van der Waals surface area contributed by atoms with Gasteiger partial charge in [0.1, 0.15) is 0 Å². The first-order chi connectivity index (χ1) is 3.63. The maximum Gasteiger partial charge on any atom is 0.00644 e. The van der Waals surface area contributed by atoms with Crippen molar-refractivity contribution in [1.29, 1.82) is 0 Å². The normalized spacial score (nSPS) is 38.6. The molecule has 0 heterocycles. The Bertz CT molecular complexity index is 166. The van der Waals surface area contributed by atoms with Crippen molar-refractivity contribution in [2.75, 3.05) is 0 Å². The maximum absolute atomic E-state index is 2.36. The summed E-state index contributed by atoms with van der Waals surface area (Å²) in [5.41, 5.74) is 4.10. The fourth-order valence-electron chi connectivity index (χ4n) is 2.15. The van der Waals surface area contributed by atoms with Gasteiger partial charge < -0.3 is 0 Å². The molecule has 2 aliphatic rings. The van der Waals surface area contributed by atoms with Gasteiger partial charge in [-0.05, 0) is 18.8 Å². The molecule has 1 fully saturated rings. The van der Waals surface area contributed by atoms with E-state index in [2.05, 4.69) is 20.8 Å². The number of allylic oxidation sites excluding steroid dienone is 2. The van der Waals surface area contributed by atoms with Crippen molar-refractivity contribution < 1.29 is 0 Å². The van der Waals surface area contributed by atoms with Gasteiger partial charge in [0.15, 0.2) is 0 Å². The van der Waals surface area contributed by atoms with E-state index in [1.165, 1.54) is 6.42 Å². The maximum atomic E-state index is 2.36. The second-order valence-corrected chi connectivity index (χ2v) is 3.81. The van der Waals surface area contributed by atoms with E-state index >= 15 is 0 Å². The van der Waals surface area contributed by atoms with Crippen LogP contribution in [0.5, 0.6) is 0 Å². The summed E-state index contributed by atoms with van der Waals surface area (Å²) in [6, 6.07) is 0. The zero-order valence-corrected chi connectivity index (χ0v) is 5.78. The van der Waals surface area contributed by atoms with Gasteiger partial charge in [0.2, 0.25) is 0 Å². The predicted molar refractivity (Wildman–Crippen MR) is 34.6 cm³/mol. The summed E-state index contributed by atoms with van der Waals surface area (Å²) >= 11 is 0. The zero-order valence-electron chi connectivity index (χ0n) is 5.78. The average molecular weight is 108 g/mol. The van der Waals surface area contributed by atoms with Crippen molar-refractivity contribution in [2.24, 2.45) is 11.3 Å². The highest BCUT2D eigenvalue weighted by Crippen LogP contribution is 2.65. The predicted octanol–water partition coefficient (Wildman–Crippen LogP) is 2.36. The lowest BCUT2D eigenvalue weighted by molar-refractivity contribution is 0.248. The highest BCUT2D eigenvalue weighted by molar-refractivity contribution is 5.50. The Balaban J connectivity index is 2.20. The van der Waals surface area contributed by atoms with E-state index in [9.17, 15) is 0 Å². The van der Waals surface area contributed by atoms with Crippen LogP contribution in [0.4, 0.5) is 0 Å². The van der Waals surface area contributed by atoms with Crippen LogP contribution in [0.3, 0.4) is 0 Å². The van der Waals surface area contributed by atoms with Gasteiger partial charge in [0, 0.05) is 5.92 Å². The fourth-order valence-corrected chi connectivity index (χ4v) is 2.15. The van der Waals surface area contributed by atoms with E-state index in [0.717, 1.165) is 5.92 Å². The second-order valence-electron chi connectivity index (χ2n) is 3.81. The summed E-state index contributed by atoms with van der Waals surface area (Å²) in [5, 5.41) is 0. The topological polar surface area (TPSA) is 0 Å². The summed E-state index contributed by atoms with van der Waals surface area (Å²) in [6.07, 6.45) is 1.38. The number of rotatable bonds is 0. The van der Waals surface area contributed by atoms with Gasteiger partial charge in [0.05, 0.1) is 0 Å². The summed E-state index contributed by atoms with van der Waals surface area (Å²) in [7, 11) is 0. The highest BCUT2D eigenvalue weighted by atomic mass is 14.6. The Morgan fingerprint density at radius 3 is 2.12 bits per heavy atom. The van der Waals surface area contributed by atoms with Gasteiger partial charge in [-0.3, -0.25) is 0 Å². The molecule has 0 spiro atoms. The van der Waals surface area contributed by atoms with Crippen molar-refractivity contribution in [3.05, 3.63) is 11.1 Å². The quantitative estimate of drug-likeness (QED) is 0.418. The third-order valence-corrected chi connectivity index (χ3v) is 2.63. The van der Waals surface area contributed by atoms with Crippen LogP contribution in [0.1, 0.15) is 27.2 Å². The van der Waals surface area contributed by atoms with Gasteiger partial charge in [-0.2, -0.15) is 0 Å². The first kappa shape index (κ1) is 4.60. The van der Waals surface area contributed by atoms with Crippen molar-refractivity contribution in [3.8, 4) is 0 Å². The van der Waals surface area contributed by atoms with Crippen molar-refractivity contribution >= 4 is 0 Å². The summed E-state index contributed by atoms with van der Waals surface area (Å²) in [6.45, 7) is 6.99. The lowest BCUT2D eigenvalue weighted by atomic mass is 9.71. The zero-order chi connectivity index (χ0) is 5.94. The third kappa shape index (κ3) is 0.300. The van der Waals surface area contributed by atoms with E-state index in [1.54, 1.807) is 11.1 Å². The monoisotopic (exact) mass is 108 g/mol. The smallest absolute Gasteiger partial charge is 0.00644 e. The van der Waals surface area contributed by atoms with E-state index in [4.69, 9.17) is 0 Å². The van der Waals surface area contributed by atoms with Crippen LogP contribution in [0.2, 0.25) is 0 Å². The van der Waals surface area contributed by atoms with E-state index < -0.39 is 0 Å². The van der Waals surface area contributed by atoms with Crippen LogP contribution in [0.25, 0.3) is 0 Å². The molecule has 0 aromatic rings. The number of hydrogen-bond acceptors (Lipinski definition) is 0. The Morgan fingerprint density at radius 2 is 2.12 bits per heavy atom. The molecule has 0 saturated heterocycles. The molecule has 1 saturated carbocycles. The van der Waals surface area contributed by atoms with Crippen LogP contribution in [-0.4, -0.2) is 0 Å². The van der Waals surface area contributed by atoms with E-state index in [1.807, 2.05) is 0 Å². The average Bonchev–Trinajstić information content (AvgIpc) is 2.09. The van der Waals surface area contributed by atoms with Crippen LogP contribution >= 0.6 is 0 Å². The summed E-state index contributed by atoms with van der Waals surface area (Å²) in [4.78, 5) is 0. The first-order valence-electron chi connectivity index (χ1n) is 3.32. The van der Waals surface area contributed by atoms with Gasteiger partial charge in [-0.25, -0.2) is 0 Å². The molecule has 0 radical (unpaired) electrons. The van der Waals surface area contributed by atoms with Gasteiger partial charge >= 0.3 is 0 Å². The van der Waals surface area contributed by atoms with E-state index in [0.29, 0.717) is 5.41 Å². The molecule has 2 rings (SSSR count). The van der Waals surface area contributed by atoms with Crippen LogP contribution in [0, 0.1) is 11.3 Å². The standard InChI is InChI=1S/C8H12/c1-5-6-4-8(2,3)7(5)6/h7H,4H2,1-3H3. The van der Waals surface area contributed by atoms with Crippen LogP contribution in [0.15, 0.2) is 11.1 Å². The Kier molecular flexibility index (Phi) is 0.516. The van der Waals surface area contributed by atoms with Gasteiger partial charge in [-0.15, -0.1) is 0 Å². The lowest BCUT2D eigenvalue weighted by Gasteiger charge is -2.33. The Hall–Kier alpha value is -0.260. The third-order valence-electron chi connectivity index (χ3n) is 2.63. The molecule has 0 heteroatoms. The van der Waals surface area contributed by atoms with Gasteiger partial charge in [0.25, 0.3) is 0 Å². The second kappa shape index (κ2) is 0.896. The largest absolute Gasteiger partial charge is 0.0658 e. The van der Waals surface area contributed by atoms with Gasteiger partial charge in [-0.1, -0.05) is 25.0 Å². The SMILES string of the molecule is CC1=C2CC(C)(C)C12. The molecule has 0 aromatic heterocycles. The molecule has 44 valence electrons. The first-order valence-corrected chi connectivity index (χ1v) is 3.32. The van der Waals surface area contributed by atoms with E-state index in [-0.39, 0.29) is 0 Å². The van der Waals surface area contributed by atoms with Crippen molar-refractivity contribution in [3.63, 3.8) is 0 Å². The lowest BCUT2D eigenvalue weighted by Crippen LogP contribution is -2.24. The highest BCUT2D eigenvalue weighted by Gasteiger charge is 2.54. The minimum Gasteiger partial charge on any atom is -0.0658 e.